The van der Waals surface area contributed by atoms with Crippen molar-refractivity contribution >= 4 is 23.6 Å². The van der Waals surface area contributed by atoms with E-state index < -0.39 is 11.8 Å². The average Bonchev–Trinajstić information content (AvgIpc) is 2.19. The van der Waals surface area contributed by atoms with Crippen LogP contribution in [0.5, 0.6) is 0 Å². The summed E-state index contributed by atoms with van der Waals surface area (Å²) in [6, 6.07) is 4.10. The molecular weight excluding hydrogens is 207 g/mol. The van der Waals surface area contributed by atoms with Gasteiger partial charge in [-0.05, 0) is 24.3 Å². The Bertz CT molecular complexity index is 374. The van der Waals surface area contributed by atoms with Crippen LogP contribution < -0.4 is 0 Å². The van der Waals surface area contributed by atoms with Gasteiger partial charge in [0.25, 0.3) is 0 Å². The maximum atomic E-state index is 13.1. The van der Waals surface area contributed by atoms with Crippen LogP contribution in [0, 0.1) is 5.82 Å². The number of hydrogen-bond acceptors (Lipinski definition) is 2. The Kier molecular flexibility index (Phi) is 3.65. The van der Waals surface area contributed by atoms with Crippen molar-refractivity contribution in [2.75, 3.05) is 7.11 Å². The Labute approximate surface area is 85.9 Å². The first-order valence-electron chi connectivity index (χ1n) is 3.84. The van der Waals surface area contributed by atoms with Crippen molar-refractivity contribution in [3.05, 3.63) is 40.7 Å². The second-order valence-corrected chi connectivity index (χ2v) is 2.96. The van der Waals surface area contributed by atoms with Gasteiger partial charge >= 0.3 is 5.97 Å². The number of benzene rings is 1. The molecule has 1 rings (SSSR count). The first-order valence-corrected chi connectivity index (χ1v) is 4.22. The zero-order valence-electron chi connectivity index (χ0n) is 7.46. The Balaban J connectivity index is 2.90. The van der Waals surface area contributed by atoms with E-state index in [9.17, 15) is 9.18 Å². The quantitative estimate of drug-likeness (QED) is 0.559. The van der Waals surface area contributed by atoms with Crippen LogP contribution in [-0.4, -0.2) is 13.1 Å². The van der Waals surface area contributed by atoms with E-state index in [-0.39, 0.29) is 5.56 Å². The molecule has 0 aliphatic heterocycles. The molecule has 1 aromatic carbocycles. The second kappa shape index (κ2) is 4.77. The SMILES string of the molecule is COC(=O)C=Cc1cc(Cl)ccc1F. The molecule has 0 radical (unpaired) electrons. The standard InChI is InChI=1S/C10H8ClFO2/c1-14-10(13)5-2-7-6-8(11)3-4-9(7)12/h2-6H,1H3. The molecule has 2 nitrogen and oxygen atoms in total. The highest BCUT2D eigenvalue weighted by Gasteiger charge is 2.00. The Morgan fingerprint density at radius 2 is 2.29 bits per heavy atom. The molecule has 74 valence electrons. The summed E-state index contributed by atoms with van der Waals surface area (Å²) in [6.45, 7) is 0. The normalized spacial score (nSPS) is 10.5. The zero-order valence-corrected chi connectivity index (χ0v) is 8.22. The number of carbonyl (C=O) groups excluding carboxylic acids is 1. The van der Waals surface area contributed by atoms with E-state index in [1.165, 1.54) is 31.4 Å². The molecule has 0 bridgehead atoms. The van der Waals surface area contributed by atoms with Crippen LogP contribution in [-0.2, 0) is 9.53 Å². The minimum absolute atomic E-state index is 0.253. The fourth-order valence-electron chi connectivity index (χ4n) is 0.868. The van der Waals surface area contributed by atoms with Gasteiger partial charge in [0.15, 0.2) is 0 Å². The third-order valence-electron chi connectivity index (χ3n) is 1.56. The molecule has 0 aliphatic carbocycles. The molecule has 0 fully saturated rings. The average molecular weight is 215 g/mol. The van der Waals surface area contributed by atoms with E-state index in [1.807, 2.05) is 0 Å². The zero-order chi connectivity index (χ0) is 10.6. The maximum absolute atomic E-state index is 13.1. The number of methoxy groups -OCH3 is 1. The molecule has 0 aromatic heterocycles. The van der Waals surface area contributed by atoms with E-state index in [0.29, 0.717) is 5.02 Å². The third kappa shape index (κ3) is 2.85. The number of carbonyl (C=O) groups is 1. The summed E-state index contributed by atoms with van der Waals surface area (Å²) in [4.78, 5) is 10.7. The molecule has 1 aromatic rings. The van der Waals surface area contributed by atoms with Crippen LogP contribution in [0.4, 0.5) is 4.39 Å². The lowest BCUT2D eigenvalue weighted by Gasteiger charge is -1.97. The van der Waals surface area contributed by atoms with Gasteiger partial charge in [0.05, 0.1) is 7.11 Å². The maximum Gasteiger partial charge on any atom is 0.330 e. The fraction of sp³-hybridized carbons (Fsp3) is 0.100. The van der Waals surface area contributed by atoms with Crippen molar-refractivity contribution in [1.82, 2.24) is 0 Å². The predicted octanol–water partition coefficient (Wildman–Crippen LogP) is 2.67. The van der Waals surface area contributed by atoms with E-state index in [4.69, 9.17) is 11.6 Å². The first kappa shape index (κ1) is 10.7. The molecule has 0 saturated heterocycles. The van der Waals surface area contributed by atoms with Gasteiger partial charge in [0.1, 0.15) is 5.82 Å². The highest BCUT2D eigenvalue weighted by atomic mass is 35.5. The van der Waals surface area contributed by atoms with Crippen molar-refractivity contribution in [3.8, 4) is 0 Å². The Morgan fingerprint density at radius 3 is 2.93 bits per heavy atom. The van der Waals surface area contributed by atoms with Gasteiger partial charge in [-0.15, -0.1) is 0 Å². The van der Waals surface area contributed by atoms with Crippen LogP contribution in [0.3, 0.4) is 0 Å². The smallest absolute Gasteiger partial charge is 0.330 e. The molecule has 0 unspecified atom stereocenters. The van der Waals surface area contributed by atoms with E-state index >= 15 is 0 Å². The molecule has 0 heterocycles. The van der Waals surface area contributed by atoms with Crippen LogP contribution in [0.2, 0.25) is 5.02 Å². The molecule has 0 aliphatic rings. The topological polar surface area (TPSA) is 26.3 Å². The van der Waals surface area contributed by atoms with E-state index in [2.05, 4.69) is 4.74 Å². The van der Waals surface area contributed by atoms with Gasteiger partial charge in [-0.3, -0.25) is 0 Å². The van der Waals surface area contributed by atoms with Crippen molar-refractivity contribution in [2.45, 2.75) is 0 Å². The summed E-state index contributed by atoms with van der Waals surface area (Å²) in [7, 11) is 1.25. The van der Waals surface area contributed by atoms with Crippen LogP contribution in [0.1, 0.15) is 5.56 Å². The lowest BCUT2D eigenvalue weighted by atomic mass is 10.2. The molecule has 0 atom stereocenters. The second-order valence-electron chi connectivity index (χ2n) is 2.52. The van der Waals surface area contributed by atoms with Crippen LogP contribution in [0.25, 0.3) is 6.08 Å². The summed E-state index contributed by atoms with van der Waals surface area (Å²) in [5.74, 6) is -0.973. The molecular formula is C10H8ClFO2. The number of rotatable bonds is 2. The van der Waals surface area contributed by atoms with Crippen LogP contribution >= 0.6 is 11.6 Å². The highest BCUT2D eigenvalue weighted by molar-refractivity contribution is 6.30. The number of esters is 1. The molecule has 0 saturated carbocycles. The largest absolute Gasteiger partial charge is 0.466 e. The lowest BCUT2D eigenvalue weighted by Crippen LogP contribution is -1.93. The number of halogens is 2. The summed E-state index contributed by atoms with van der Waals surface area (Å²) in [6.07, 6.45) is 2.45. The van der Waals surface area contributed by atoms with Gasteiger partial charge in [0.2, 0.25) is 0 Å². The molecule has 0 N–H and O–H groups in total. The van der Waals surface area contributed by atoms with Crippen molar-refractivity contribution in [2.24, 2.45) is 0 Å². The summed E-state index contributed by atoms with van der Waals surface area (Å²) < 4.78 is 17.4. The highest BCUT2D eigenvalue weighted by Crippen LogP contribution is 2.15. The first-order chi connectivity index (χ1) is 6.63. The molecule has 0 amide bonds. The van der Waals surface area contributed by atoms with Gasteiger partial charge in [0, 0.05) is 16.7 Å². The van der Waals surface area contributed by atoms with Crippen molar-refractivity contribution < 1.29 is 13.9 Å². The number of ether oxygens (including phenoxy) is 1. The Hall–Kier alpha value is -1.35. The summed E-state index contributed by atoms with van der Waals surface area (Å²) >= 11 is 5.65. The van der Waals surface area contributed by atoms with Gasteiger partial charge < -0.3 is 4.74 Å². The van der Waals surface area contributed by atoms with Gasteiger partial charge in [-0.1, -0.05) is 11.6 Å². The molecule has 4 heteroatoms. The van der Waals surface area contributed by atoms with E-state index in [1.54, 1.807) is 0 Å². The van der Waals surface area contributed by atoms with Crippen LogP contribution in [0.15, 0.2) is 24.3 Å². The molecule has 14 heavy (non-hydrogen) atoms. The fourth-order valence-corrected chi connectivity index (χ4v) is 1.05. The lowest BCUT2D eigenvalue weighted by molar-refractivity contribution is -0.134. The third-order valence-corrected chi connectivity index (χ3v) is 1.79. The monoisotopic (exact) mass is 214 g/mol. The van der Waals surface area contributed by atoms with Gasteiger partial charge in [-0.25, -0.2) is 9.18 Å². The Morgan fingerprint density at radius 1 is 1.57 bits per heavy atom. The number of hydrogen-bond donors (Lipinski definition) is 0. The minimum Gasteiger partial charge on any atom is -0.466 e. The van der Waals surface area contributed by atoms with Gasteiger partial charge in [-0.2, -0.15) is 0 Å². The summed E-state index contributed by atoms with van der Waals surface area (Å²) in [5.41, 5.74) is 0.253. The molecule has 0 spiro atoms. The van der Waals surface area contributed by atoms with Crippen molar-refractivity contribution in [3.63, 3.8) is 0 Å². The van der Waals surface area contributed by atoms with E-state index in [0.717, 1.165) is 6.08 Å². The minimum atomic E-state index is -0.538. The predicted molar refractivity (Wildman–Crippen MR) is 52.5 cm³/mol. The van der Waals surface area contributed by atoms with Crippen molar-refractivity contribution in [1.29, 1.82) is 0 Å². The summed E-state index contributed by atoms with van der Waals surface area (Å²) in [5, 5.41) is 0.413.